The van der Waals surface area contributed by atoms with E-state index < -0.39 is 22.8 Å². The molecule has 5 atom stereocenters. The average Bonchev–Trinajstić information content (AvgIpc) is 3.09. The van der Waals surface area contributed by atoms with Crippen molar-refractivity contribution in [3.8, 4) is 6.07 Å². The first-order valence-corrected chi connectivity index (χ1v) is 6.99. The van der Waals surface area contributed by atoms with Crippen LogP contribution in [0.2, 0.25) is 0 Å². The number of fused-ring (bicyclic) bond motifs is 1. The number of rotatable bonds is 3. The van der Waals surface area contributed by atoms with Crippen molar-refractivity contribution < 1.29 is 9.90 Å². The first-order chi connectivity index (χ1) is 9.52. The van der Waals surface area contributed by atoms with E-state index in [0.717, 1.165) is 5.56 Å². The standard InChI is InChI=1S/C16H18N2O2/c1-2-16-12(13(16)14(19)20)11(8-15(16,18)9-17)10-6-4-3-5-7-10/h3-7,11-13H,2,8,18H2,1H3,(H,19,20). The quantitative estimate of drug-likeness (QED) is 0.880. The summed E-state index contributed by atoms with van der Waals surface area (Å²) in [6.45, 7) is 1.95. The molecule has 20 heavy (non-hydrogen) atoms. The molecule has 3 N–H and O–H groups in total. The van der Waals surface area contributed by atoms with Crippen molar-refractivity contribution in [2.24, 2.45) is 23.0 Å². The van der Waals surface area contributed by atoms with E-state index >= 15 is 0 Å². The number of hydrogen-bond acceptors (Lipinski definition) is 3. The maximum Gasteiger partial charge on any atom is 0.307 e. The molecule has 0 heterocycles. The SMILES string of the molecule is CCC12C(C(=O)O)C1C(c1ccccc1)CC2(N)C#N. The number of aliphatic carboxylic acids is 1. The van der Waals surface area contributed by atoms with Crippen molar-refractivity contribution in [1.82, 2.24) is 0 Å². The van der Waals surface area contributed by atoms with Crippen LogP contribution in [0.25, 0.3) is 0 Å². The van der Waals surface area contributed by atoms with Crippen molar-refractivity contribution in [2.75, 3.05) is 0 Å². The fraction of sp³-hybridized carbons (Fsp3) is 0.500. The zero-order chi connectivity index (χ0) is 14.5. The highest BCUT2D eigenvalue weighted by molar-refractivity contribution is 5.78. The van der Waals surface area contributed by atoms with Gasteiger partial charge < -0.3 is 10.8 Å². The minimum atomic E-state index is -1.03. The lowest BCUT2D eigenvalue weighted by Gasteiger charge is -2.29. The highest BCUT2D eigenvalue weighted by atomic mass is 16.4. The largest absolute Gasteiger partial charge is 0.481 e. The van der Waals surface area contributed by atoms with Crippen molar-refractivity contribution in [3.63, 3.8) is 0 Å². The Bertz CT molecular complexity index is 594. The van der Waals surface area contributed by atoms with Gasteiger partial charge in [0.15, 0.2) is 0 Å². The molecule has 3 rings (SSSR count). The molecule has 0 radical (unpaired) electrons. The summed E-state index contributed by atoms with van der Waals surface area (Å²) in [6, 6.07) is 12.1. The lowest BCUT2D eigenvalue weighted by Crippen LogP contribution is -2.47. The summed E-state index contributed by atoms with van der Waals surface area (Å²) in [4.78, 5) is 11.6. The molecule has 5 unspecified atom stereocenters. The Kier molecular flexibility index (Phi) is 2.67. The van der Waals surface area contributed by atoms with Crippen LogP contribution in [-0.2, 0) is 4.79 Å². The van der Waals surface area contributed by atoms with Gasteiger partial charge in [-0.1, -0.05) is 37.3 Å². The van der Waals surface area contributed by atoms with Gasteiger partial charge in [-0.15, -0.1) is 0 Å². The summed E-state index contributed by atoms with van der Waals surface area (Å²) in [7, 11) is 0. The fourth-order valence-electron chi connectivity index (χ4n) is 4.62. The number of carboxylic acid groups (broad SMARTS) is 1. The number of nitrogens with two attached hydrogens (primary N) is 1. The van der Waals surface area contributed by atoms with Gasteiger partial charge >= 0.3 is 5.97 Å². The van der Waals surface area contributed by atoms with Crippen LogP contribution in [0.1, 0.15) is 31.2 Å². The molecule has 0 aliphatic heterocycles. The van der Waals surface area contributed by atoms with Gasteiger partial charge in [-0.3, -0.25) is 4.79 Å². The lowest BCUT2D eigenvalue weighted by atomic mass is 9.78. The van der Waals surface area contributed by atoms with E-state index in [1.54, 1.807) is 0 Å². The first kappa shape index (κ1) is 13.1. The summed E-state index contributed by atoms with van der Waals surface area (Å²) in [5.74, 6) is -1.25. The maximum absolute atomic E-state index is 11.6. The third-order valence-corrected chi connectivity index (χ3v) is 5.48. The number of carbonyl (C=O) groups is 1. The second-order valence-corrected chi connectivity index (χ2v) is 6.04. The Morgan fingerprint density at radius 3 is 2.65 bits per heavy atom. The molecule has 2 fully saturated rings. The normalized spacial score (nSPS) is 41.8. The Labute approximate surface area is 118 Å². The van der Waals surface area contributed by atoms with Gasteiger partial charge in [-0.05, 0) is 30.2 Å². The summed E-state index contributed by atoms with van der Waals surface area (Å²) >= 11 is 0. The van der Waals surface area contributed by atoms with Crippen molar-refractivity contribution in [1.29, 1.82) is 5.26 Å². The smallest absolute Gasteiger partial charge is 0.307 e. The van der Waals surface area contributed by atoms with Gasteiger partial charge in [0.05, 0.1) is 12.0 Å². The molecule has 0 bridgehead atoms. The average molecular weight is 270 g/mol. The topological polar surface area (TPSA) is 87.1 Å². The van der Waals surface area contributed by atoms with E-state index in [2.05, 4.69) is 6.07 Å². The Morgan fingerprint density at radius 2 is 2.15 bits per heavy atom. The third-order valence-electron chi connectivity index (χ3n) is 5.48. The number of hydrogen-bond donors (Lipinski definition) is 2. The van der Waals surface area contributed by atoms with Crippen LogP contribution in [0.5, 0.6) is 0 Å². The molecule has 1 aromatic carbocycles. The van der Waals surface area contributed by atoms with Crippen LogP contribution in [0.15, 0.2) is 30.3 Å². The van der Waals surface area contributed by atoms with Crippen molar-refractivity contribution >= 4 is 5.97 Å². The molecule has 0 spiro atoms. The van der Waals surface area contributed by atoms with E-state index in [4.69, 9.17) is 5.73 Å². The third kappa shape index (κ3) is 1.36. The Morgan fingerprint density at radius 1 is 1.50 bits per heavy atom. The van der Waals surface area contributed by atoms with Crippen LogP contribution in [-0.4, -0.2) is 16.6 Å². The van der Waals surface area contributed by atoms with Crippen LogP contribution < -0.4 is 5.73 Å². The molecular weight excluding hydrogens is 252 g/mol. The van der Waals surface area contributed by atoms with Gasteiger partial charge in [0.1, 0.15) is 5.54 Å². The molecule has 0 amide bonds. The molecule has 104 valence electrons. The molecule has 4 heteroatoms. The van der Waals surface area contributed by atoms with Crippen LogP contribution in [0.4, 0.5) is 0 Å². The number of nitrogens with zero attached hydrogens (tertiary/aromatic N) is 1. The Hall–Kier alpha value is -1.86. The van der Waals surface area contributed by atoms with E-state index in [9.17, 15) is 15.2 Å². The predicted molar refractivity (Wildman–Crippen MR) is 73.7 cm³/mol. The molecular formula is C16H18N2O2. The van der Waals surface area contributed by atoms with Gasteiger partial charge in [0, 0.05) is 5.41 Å². The molecule has 0 aromatic heterocycles. The lowest BCUT2D eigenvalue weighted by molar-refractivity contribution is -0.140. The number of benzene rings is 1. The zero-order valence-corrected chi connectivity index (χ0v) is 11.4. The van der Waals surface area contributed by atoms with Crippen LogP contribution in [0, 0.1) is 28.6 Å². The molecule has 0 saturated heterocycles. The molecule has 2 aliphatic carbocycles. The minimum absolute atomic E-state index is 0.0166. The number of nitriles is 1. The predicted octanol–water partition coefficient (Wildman–Crippen LogP) is 2.12. The van der Waals surface area contributed by atoms with Gasteiger partial charge in [0.2, 0.25) is 0 Å². The second kappa shape index (κ2) is 4.07. The van der Waals surface area contributed by atoms with Gasteiger partial charge in [0.25, 0.3) is 0 Å². The summed E-state index contributed by atoms with van der Waals surface area (Å²) < 4.78 is 0. The van der Waals surface area contributed by atoms with E-state index in [1.807, 2.05) is 37.3 Å². The summed E-state index contributed by atoms with van der Waals surface area (Å²) in [6.07, 6.45) is 1.19. The molecule has 1 aromatic rings. The maximum atomic E-state index is 11.6. The van der Waals surface area contributed by atoms with Gasteiger partial charge in [-0.2, -0.15) is 5.26 Å². The first-order valence-electron chi connectivity index (χ1n) is 6.99. The van der Waals surface area contributed by atoms with Crippen molar-refractivity contribution in [2.45, 2.75) is 31.2 Å². The highest BCUT2D eigenvalue weighted by Crippen LogP contribution is 2.77. The van der Waals surface area contributed by atoms with Crippen LogP contribution in [0.3, 0.4) is 0 Å². The summed E-state index contributed by atoms with van der Waals surface area (Å²) in [5.41, 5.74) is 5.83. The fourth-order valence-corrected chi connectivity index (χ4v) is 4.62. The summed E-state index contributed by atoms with van der Waals surface area (Å²) in [5, 5.41) is 19.0. The minimum Gasteiger partial charge on any atom is -0.481 e. The molecule has 2 saturated carbocycles. The van der Waals surface area contributed by atoms with E-state index in [0.29, 0.717) is 12.8 Å². The molecule has 4 nitrogen and oxygen atoms in total. The Balaban J connectivity index is 2.07. The van der Waals surface area contributed by atoms with E-state index in [-0.39, 0.29) is 11.8 Å². The monoisotopic (exact) mass is 270 g/mol. The zero-order valence-electron chi connectivity index (χ0n) is 11.4. The molecule has 2 aliphatic rings. The van der Waals surface area contributed by atoms with E-state index in [1.165, 1.54) is 0 Å². The van der Waals surface area contributed by atoms with Crippen molar-refractivity contribution in [3.05, 3.63) is 35.9 Å². The van der Waals surface area contributed by atoms with Gasteiger partial charge in [-0.25, -0.2) is 0 Å². The van der Waals surface area contributed by atoms with Crippen LogP contribution >= 0.6 is 0 Å². The highest BCUT2D eigenvalue weighted by Gasteiger charge is 2.81. The number of carboxylic acids is 1. The second-order valence-electron chi connectivity index (χ2n) is 6.04.